The van der Waals surface area contributed by atoms with Crippen LogP contribution in [0.1, 0.15) is 55.8 Å². The molecule has 1 N–H and O–H groups in total. The molecule has 2 heterocycles. The number of benzene rings is 1. The van der Waals surface area contributed by atoms with Crippen molar-refractivity contribution in [3.05, 3.63) is 41.9 Å². The van der Waals surface area contributed by atoms with Crippen molar-refractivity contribution < 1.29 is 4.79 Å². The maximum absolute atomic E-state index is 12.8. The lowest BCUT2D eigenvalue weighted by Crippen LogP contribution is -2.27. The Labute approximate surface area is 168 Å². The fourth-order valence-corrected chi connectivity index (χ4v) is 3.64. The molecule has 1 aromatic heterocycles. The number of carbonyl (C=O) groups is 1. The van der Waals surface area contributed by atoms with E-state index in [-0.39, 0.29) is 5.91 Å². The third-order valence-corrected chi connectivity index (χ3v) is 4.96. The molecule has 1 fully saturated rings. The molecule has 1 amide bonds. The highest BCUT2D eigenvalue weighted by Crippen LogP contribution is 2.22. The van der Waals surface area contributed by atoms with Gasteiger partial charge in [-0.05, 0) is 56.9 Å². The largest absolute Gasteiger partial charge is 0.372 e. The van der Waals surface area contributed by atoms with Gasteiger partial charge in [0.1, 0.15) is 17.3 Å². The van der Waals surface area contributed by atoms with Crippen LogP contribution in [0.15, 0.2) is 30.3 Å². The van der Waals surface area contributed by atoms with E-state index in [4.69, 9.17) is 0 Å². The molecule has 0 atom stereocenters. The Balaban J connectivity index is 1.72. The van der Waals surface area contributed by atoms with Crippen molar-refractivity contribution in [2.45, 2.75) is 46.5 Å². The molecule has 0 radical (unpaired) electrons. The van der Waals surface area contributed by atoms with Gasteiger partial charge in [0.2, 0.25) is 0 Å². The summed E-state index contributed by atoms with van der Waals surface area (Å²) in [7, 11) is 0. The summed E-state index contributed by atoms with van der Waals surface area (Å²) < 4.78 is 0. The lowest BCUT2D eigenvalue weighted by atomic mass is 10.2. The second kappa shape index (κ2) is 9.53. The van der Waals surface area contributed by atoms with Gasteiger partial charge in [0.25, 0.3) is 5.91 Å². The van der Waals surface area contributed by atoms with Gasteiger partial charge in [-0.2, -0.15) is 0 Å². The zero-order chi connectivity index (χ0) is 19.9. The molecule has 6 heteroatoms. The highest BCUT2D eigenvalue weighted by atomic mass is 16.1. The maximum Gasteiger partial charge on any atom is 0.274 e. The van der Waals surface area contributed by atoms with Crippen molar-refractivity contribution >= 4 is 23.1 Å². The van der Waals surface area contributed by atoms with E-state index in [1.807, 2.05) is 19.1 Å². The molecule has 1 aromatic carbocycles. The highest BCUT2D eigenvalue weighted by molar-refractivity contribution is 6.03. The van der Waals surface area contributed by atoms with Crippen LogP contribution in [-0.4, -0.2) is 42.1 Å². The number of nitrogens with one attached hydrogen (secondary N) is 1. The van der Waals surface area contributed by atoms with Crippen LogP contribution in [0.5, 0.6) is 0 Å². The highest BCUT2D eigenvalue weighted by Gasteiger charge is 2.15. The predicted octanol–water partition coefficient (Wildman–Crippen LogP) is 4.26. The average molecular weight is 382 g/mol. The van der Waals surface area contributed by atoms with Gasteiger partial charge in [-0.1, -0.05) is 13.8 Å². The number of aryl methyl sites for hydroxylation is 1. The third kappa shape index (κ3) is 5.00. The van der Waals surface area contributed by atoms with Gasteiger partial charge in [-0.25, -0.2) is 9.97 Å². The van der Waals surface area contributed by atoms with Crippen molar-refractivity contribution in [2.75, 3.05) is 41.3 Å². The zero-order valence-electron chi connectivity index (χ0n) is 17.2. The number of hydrogen-bond donors (Lipinski definition) is 1. The maximum atomic E-state index is 12.8. The molecule has 1 aliphatic heterocycles. The Morgan fingerprint density at radius 3 is 2.32 bits per heavy atom. The van der Waals surface area contributed by atoms with Gasteiger partial charge in [0.15, 0.2) is 0 Å². The van der Waals surface area contributed by atoms with E-state index >= 15 is 0 Å². The van der Waals surface area contributed by atoms with Crippen molar-refractivity contribution in [3.63, 3.8) is 0 Å². The predicted molar refractivity (Wildman–Crippen MR) is 115 cm³/mol. The van der Waals surface area contributed by atoms with E-state index < -0.39 is 0 Å². The monoisotopic (exact) mass is 381 g/mol. The lowest BCUT2D eigenvalue weighted by Gasteiger charge is -2.23. The summed E-state index contributed by atoms with van der Waals surface area (Å²) in [6.07, 6.45) is 4.57. The fraction of sp³-hybridized carbons (Fsp3) is 0.500. The normalized spacial score (nSPS) is 13.6. The molecule has 0 aliphatic carbocycles. The van der Waals surface area contributed by atoms with E-state index in [2.05, 4.69) is 51.1 Å². The first-order chi connectivity index (χ1) is 13.6. The van der Waals surface area contributed by atoms with E-state index in [0.717, 1.165) is 50.5 Å². The fourth-order valence-electron chi connectivity index (χ4n) is 3.64. The van der Waals surface area contributed by atoms with Crippen LogP contribution in [0.25, 0.3) is 0 Å². The second-order valence-electron chi connectivity index (χ2n) is 7.34. The zero-order valence-corrected chi connectivity index (χ0v) is 17.2. The molecule has 150 valence electrons. The van der Waals surface area contributed by atoms with Gasteiger partial charge in [-0.15, -0.1) is 0 Å². The summed E-state index contributed by atoms with van der Waals surface area (Å²) >= 11 is 0. The van der Waals surface area contributed by atoms with E-state index in [1.54, 1.807) is 6.07 Å². The first kappa shape index (κ1) is 20.1. The molecule has 6 nitrogen and oxygen atoms in total. The number of rotatable bonds is 8. The summed E-state index contributed by atoms with van der Waals surface area (Å²) in [5.41, 5.74) is 2.40. The Bertz CT molecular complexity index is 778. The summed E-state index contributed by atoms with van der Waals surface area (Å²) in [5.74, 6) is 1.24. The molecule has 1 aliphatic rings. The van der Waals surface area contributed by atoms with Crippen LogP contribution >= 0.6 is 0 Å². The Morgan fingerprint density at radius 2 is 1.71 bits per heavy atom. The summed E-state index contributed by atoms with van der Waals surface area (Å²) in [6, 6.07) is 9.86. The number of anilines is 3. The molecule has 0 spiro atoms. The quantitative estimate of drug-likeness (QED) is 0.740. The minimum atomic E-state index is -0.200. The van der Waals surface area contributed by atoms with Crippen LogP contribution in [0.4, 0.5) is 17.2 Å². The summed E-state index contributed by atoms with van der Waals surface area (Å²) in [4.78, 5) is 26.3. The first-order valence-electron chi connectivity index (χ1n) is 10.4. The number of amides is 1. The Kier molecular flexibility index (Phi) is 6.85. The lowest BCUT2D eigenvalue weighted by molar-refractivity contribution is 0.102. The van der Waals surface area contributed by atoms with Crippen LogP contribution in [0.2, 0.25) is 0 Å². The Morgan fingerprint density at radius 1 is 1.07 bits per heavy atom. The molecule has 1 saturated heterocycles. The summed E-state index contributed by atoms with van der Waals surface area (Å²) in [5, 5.41) is 2.97. The molecule has 0 saturated carbocycles. The third-order valence-electron chi connectivity index (χ3n) is 4.96. The molecular formula is C22H31N5O. The van der Waals surface area contributed by atoms with Gasteiger partial charge in [0.05, 0.1) is 0 Å². The van der Waals surface area contributed by atoms with Crippen LogP contribution < -0.4 is 15.1 Å². The average Bonchev–Trinajstić information content (AvgIpc) is 3.23. The number of aromatic nitrogens is 2. The van der Waals surface area contributed by atoms with E-state index in [9.17, 15) is 4.79 Å². The number of carbonyl (C=O) groups excluding carboxylic acids is 1. The first-order valence-corrected chi connectivity index (χ1v) is 10.4. The topological polar surface area (TPSA) is 61.4 Å². The van der Waals surface area contributed by atoms with Crippen molar-refractivity contribution in [1.82, 2.24) is 9.97 Å². The number of hydrogen-bond acceptors (Lipinski definition) is 5. The van der Waals surface area contributed by atoms with Gasteiger partial charge < -0.3 is 15.1 Å². The van der Waals surface area contributed by atoms with Crippen molar-refractivity contribution in [1.29, 1.82) is 0 Å². The molecular weight excluding hydrogens is 350 g/mol. The minimum absolute atomic E-state index is 0.200. The molecule has 28 heavy (non-hydrogen) atoms. The Hall–Kier alpha value is -2.63. The van der Waals surface area contributed by atoms with Crippen LogP contribution in [-0.2, 0) is 0 Å². The standard InChI is InChI=1S/C22H31N5O/c1-4-12-27(13-5-2)21-16-20(23-17(3)24-21)22(28)25-18-8-10-19(11-9-18)26-14-6-7-15-26/h8-11,16H,4-7,12-15H2,1-3H3,(H,25,28). The van der Waals surface area contributed by atoms with Crippen molar-refractivity contribution in [2.24, 2.45) is 0 Å². The smallest absolute Gasteiger partial charge is 0.274 e. The molecule has 0 unspecified atom stereocenters. The van der Waals surface area contributed by atoms with Crippen LogP contribution in [0.3, 0.4) is 0 Å². The SMILES string of the molecule is CCCN(CCC)c1cc(C(=O)Nc2ccc(N3CCCC3)cc2)nc(C)n1. The summed E-state index contributed by atoms with van der Waals surface area (Å²) in [6.45, 7) is 10.2. The van der Waals surface area contributed by atoms with Crippen LogP contribution in [0, 0.1) is 6.92 Å². The van der Waals surface area contributed by atoms with E-state index in [1.165, 1.54) is 18.5 Å². The number of nitrogens with zero attached hydrogens (tertiary/aromatic N) is 4. The molecule has 2 aromatic rings. The van der Waals surface area contributed by atoms with E-state index in [0.29, 0.717) is 11.5 Å². The molecule has 0 bridgehead atoms. The van der Waals surface area contributed by atoms with Gasteiger partial charge in [-0.3, -0.25) is 4.79 Å². The van der Waals surface area contributed by atoms with Gasteiger partial charge >= 0.3 is 0 Å². The second-order valence-corrected chi connectivity index (χ2v) is 7.34. The van der Waals surface area contributed by atoms with Gasteiger partial charge in [0, 0.05) is 43.6 Å². The van der Waals surface area contributed by atoms with Crippen molar-refractivity contribution in [3.8, 4) is 0 Å². The minimum Gasteiger partial charge on any atom is -0.372 e. The molecule has 3 rings (SSSR count).